The van der Waals surface area contributed by atoms with Gasteiger partial charge in [0.05, 0.1) is 29.6 Å². The molecule has 2 amide bonds. The molecule has 0 aliphatic carbocycles. The van der Waals surface area contributed by atoms with Gasteiger partial charge in [-0.2, -0.15) is 0 Å². The third kappa shape index (κ3) is 8.59. The van der Waals surface area contributed by atoms with Crippen LogP contribution in [0.25, 0.3) is 0 Å². The average Bonchev–Trinajstić information content (AvgIpc) is 2.92. The van der Waals surface area contributed by atoms with Gasteiger partial charge in [0.15, 0.2) is 0 Å². The van der Waals surface area contributed by atoms with Crippen molar-refractivity contribution < 1.29 is 33.4 Å². The van der Waals surface area contributed by atoms with Crippen LogP contribution >= 0.6 is 11.8 Å². The number of thioether (sulfide) groups is 1. The van der Waals surface area contributed by atoms with E-state index in [0.29, 0.717) is 16.9 Å². The highest BCUT2D eigenvalue weighted by atomic mass is 32.2. The van der Waals surface area contributed by atoms with Gasteiger partial charge in [0, 0.05) is 25.2 Å². The molecule has 1 aromatic carbocycles. The zero-order valence-corrected chi connectivity index (χ0v) is 24.5. The number of carbonyl (C=O) groups is 4. The molecule has 2 atom stereocenters. The summed E-state index contributed by atoms with van der Waals surface area (Å²) in [4.78, 5) is 54.7. The van der Waals surface area contributed by atoms with Gasteiger partial charge in [-0.3, -0.25) is 9.59 Å². The van der Waals surface area contributed by atoms with Crippen molar-refractivity contribution in [2.24, 2.45) is 11.8 Å². The van der Waals surface area contributed by atoms with Crippen molar-refractivity contribution in [2.45, 2.75) is 50.8 Å². The van der Waals surface area contributed by atoms with E-state index in [2.05, 4.69) is 10.6 Å². The predicted molar refractivity (Wildman–Crippen MR) is 152 cm³/mol. The lowest BCUT2D eigenvalue weighted by atomic mass is 9.98. The smallest absolute Gasteiger partial charge is 0.328 e. The minimum absolute atomic E-state index is 0.00950. The van der Waals surface area contributed by atoms with E-state index < -0.39 is 41.1 Å². The summed E-state index contributed by atoms with van der Waals surface area (Å²) >= 11 is 1.41. The molecule has 1 aromatic rings. The maximum Gasteiger partial charge on any atom is 0.328 e. The second-order valence-electron chi connectivity index (χ2n) is 10.3. The number of ether oxygens (including phenoxy) is 3. The Bertz CT molecular complexity index is 1060. The molecule has 2 aliphatic heterocycles. The van der Waals surface area contributed by atoms with Crippen LogP contribution < -0.4 is 10.6 Å². The number of cyclic esters (lactones) is 2. The Hall–Kier alpha value is -3.31. The molecular weight excluding hydrogens is 534 g/mol. The van der Waals surface area contributed by atoms with Gasteiger partial charge in [-0.15, -0.1) is 11.8 Å². The second-order valence-corrected chi connectivity index (χ2v) is 11.4. The molecule has 2 N–H and O–H groups in total. The van der Waals surface area contributed by atoms with Crippen molar-refractivity contribution >= 4 is 35.5 Å². The average molecular weight is 574 g/mol. The van der Waals surface area contributed by atoms with Crippen molar-refractivity contribution in [3.8, 4) is 0 Å². The van der Waals surface area contributed by atoms with Gasteiger partial charge < -0.3 is 29.7 Å². The summed E-state index contributed by atoms with van der Waals surface area (Å²) in [5.41, 5.74) is 1.64. The van der Waals surface area contributed by atoms with Gasteiger partial charge in [-0.05, 0) is 17.4 Å². The number of hydrogen-bond donors (Lipinski definition) is 2. The van der Waals surface area contributed by atoms with Crippen molar-refractivity contribution in [3.63, 3.8) is 0 Å². The van der Waals surface area contributed by atoms with Gasteiger partial charge in [0.25, 0.3) is 11.8 Å². The van der Waals surface area contributed by atoms with Crippen LogP contribution in [0.4, 0.5) is 0 Å². The monoisotopic (exact) mass is 573 g/mol. The van der Waals surface area contributed by atoms with E-state index in [-0.39, 0.29) is 38.3 Å². The highest BCUT2D eigenvalue weighted by Gasteiger charge is 2.37. The molecule has 1 fully saturated rings. The first-order valence-corrected chi connectivity index (χ1v) is 14.5. The van der Waals surface area contributed by atoms with E-state index in [0.717, 1.165) is 5.56 Å². The molecule has 11 heteroatoms. The largest absolute Gasteiger partial charge is 0.462 e. The number of benzene rings is 1. The second kappa shape index (κ2) is 14.9. The van der Waals surface area contributed by atoms with E-state index in [1.807, 2.05) is 58.0 Å². The van der Waals surface area contributed by atoms with E-state index >= 15 is 0 Å². The van der Waals surface area contributed by atoms with Crippen molar-refractivity contribution in [1.82, 2.24) is 15.5 Å². The molecule has 2 heterocycles. The number of nitrogens with zero attached hydrogens (tertiary/aromatic N) is 1. The Labute approximate surface area is 239 Å². The molecule has 1 saturated heterocycles. The number of rotatable bonds is 5. The molecule has 3 rings (SSSR count). The highest BCUT2D eigenvalue weighted by Crippen LogP contribution is 2.33. The molecule has 40 heavy (non-hydrogen) atoms. The number of hydrogen-bond acceptors (Lipinski definition) is 9. The maximum absolute atomic E-state index is 13.7. The van der Waals surface area contributed by atoms with Crippen LogP contribution in [0, 0.1) is 11.8 Å². The summed E-state index contributed by atoms with van der Waals surface area (Å²) in [6.45, 7) is 7.46. The quantitative estimate of drug-likeness (QED) is 0.511. The van der Waals surface area contributed by atoms with Crippen LogP contribution in [0.1, 0.15) is 33.3 Å². The Morgan fingerprint density at radius 1 is 0.800 bits per heavy atom. The standard InChI is InChI=1S/C29H39N3O7S/c1-18(2)23-28(35)38-13-11-37-12-14-39-29(36)24(19(3)4)31-27(34)22-16-32(5)15-21(26(33)30-23)25(22)40-17-20-9-7-6-8-10-20/h6-10,15-16,18-19,23-25H,11-14,17H2,1-5H3,(H,30,33)(H,31,34)/t23-,24-/m0/s1. The van der Waals surface area contributed by atoms with Gasteiger partial charge in [-0.1, -0.05) is 58.0 Å². The highest BCUT2D eigenvalue weighted by molar-refractivity contribution is 7.99. The lowest BCUT2D eigenvalue weighted by molar-refractivity contribution is -0.152. The molecule has 10 nitrogen and oxygen atoms in total. The number of nitrogens with one attached hydrogen (secondary N) is 2. The van der Waals surface area contributed by atoms with Crippen LogP contribution in [-0.2, 0) is 39.1 Å². The first kappa shape index (κ1) is 31.2. The van der Waals surface area contributed by atoms with Crippen LogP contribution in [0.5, 0.6) is 0 Å². The van der Waals surface area contributed by atoms with Gasteiger partial charge in [0.2, 0.25) is 0 Å². The van der Waals surface area contributed by atoms with Crippen molar-refractivity contribution in [1.29, 1.82) is 0 Å². The number of amides is 2. The maximum atomic E-state index is 13.7. The van der Waals surface area contributed by atoms with Gasteiger partial charge >= 0.3 is 11.9 Å². The number of esters is 2. The fourth-order valence-electron chi connectivity index (χ4n) is 4.20. The third-order valence-electron chi connectivity index (χ3n) is 6.39. The Balaban J connectivity index is 1.98. The summed E-state index contributed by atoms with van der Waals surface area (Å²) in [7, 11) is 1.72. The Morgan fingerprint density at radius 2 is 1.27 bits per heavy atom. The van der Waals surface area contributed by atoms with Crippen LogP contribution in [0.3, 0.4) is 0 Å². The van der Waals surface area contributed by atoms with Crippen LogP contribution in [0.2, 0.25) is 0 Å². The van der Waals surface area contributed by atoms with Gasteiger partial charge in [0.1, 0.15) is 25.3 Å². The first-order valence-electron chi connectivity index (χ1n) is 13.4. The number of carbonyl (C=O) groups excluding carboxylic acids is 4. The molecule has 218 valence electrons. The predicted octanol–water partition coefficient (Wildman–Crippen LogP) is 2.40. The topological polar surface area (TPSA) is 123 Å². The Kier molecular flexibility index (Phi) is 11.6. The summed E-state index contributed by atoms with van der Waals surface area (Å²) in [5.74, 6) is -2.09. The molecule has 0 radical (unpaired) electrons. The molecule has 2 bridgehead atoms. The summed E-state index contributed by atoms with van der Waals surface area (Å²) in [6, 6.07) is 7.92. The summed E-state index contributed by atoms with van der Waals surface area (Å²) in [5, 5.41) is 4.99. The summed E-state index contributed by atoms with van der Waals surface area (Å²) < 4.78 is 16.1. The zero-order chi connectivity index (χ0) is 29.2. The van der Waals surface area contributed by atoms with Crippen LogP contribution in [0.15, 0.2) is 53.9 Å². The Morgan fingerprint density at radius 3 is 1.73 bits per heavy atom. The van der Waals surface area contributed by atoms with Crippen molar-refractivity contribution in [2.75, 3.05) is 33.5 Å². The third-order valence-corrected chi connectivity index (χ3v) is 7.73. The SMILES string of the molecule is CC(C)[C@@H]1NC(=O)C2=CN(C)C=C(C(=O)N[C@@H](C(C)C)C(=O)OCCOCCOC1=O)C2SCc1ccccc1. The molecular formula is C29H39N3O7S. The summed E-state index contributed by atoms with van der Waals surface area (Å²) in [6.07, 6.45) is 3.30. The minimum Gasteiger partial charge on any atom is -0.462 e. The molecule has 0 spiro atoms. The van der Waals surface area contributed by atoms with Crippen molar-refractivity contribution in [3.05, 3.63) is 59.4 Å². The van der Waals surface area contributed by atoms with Crippen LogP contribution in [-0.4, -0.2) is 79.5 Å². The van der Waals surface area contributed by atoms with E-state index in [9.17, 15) is 19.2 Å². The van der Waals surface area contributed by atoms with E-state index in [4.69, 9.17) is 14.2 Å². The fourth-order valence-corrected chi connectivity index (χ4v) is 5.44. The normalized spacial score (nSPS) is 22.4. The van der Waals surface area contributed by atoms with Gasteiger partial charge in [-0.25, -0.2) is 9.59 Å². The minimum atomic E-state index is -0.896. The molecule has 0 aromatic heterocycles. The number of fused-ring (bicyclic) bond motifs is 2. The molecule has 2 aliphatic rings. The van der Waals surface area contributed by atoms with E-state index in [1.165, 1.54) is 11.8 Å². The molecule has 0 saturated carbocycles. The lowest BCUT2D eigenvalue weighted by Crippen LogP contribution is -2.50. The molecule has 0 unspecified atom stereocenters. The van der Waals surface area contributed by atoms with E-state index in [1.54, 1.807) is 24.3 Å². The fraction of sp³-hybridized carbons (Fsp3) is 0.517. The first-order chi connectivity index (χ1) is 19.1. The lowest BCUT2D eigenvalue weighted by Gasteiger charge is -2.31. The zero-order valence-electron chi connectivity index (χ0n) is 23.7.